The Morgan fingerprint density at radius 2 is 1.32 bits per heavy atom. The maximum atomic E-state index is 9.99. The van der Waals surface area contributed by atoms with Crippen molar-refractivity contribution in [3.05, 3.63) is 0 Å². The maximum absolute atomic E-state index is 9.99. The van der Waals surface area contributed by atoms with Crippen LogP contribution in [0.25, 0.3) is 0 Å². The molecule has 0 bridgehead atoms. The Bertz CT molecular complexity index is 316. The van der Waals surface area contributed by atoms with Gasteiger partial charge in [-0.3, -0.25) is 24.5 Å². The number of nitrogens with one attached hydrogen (secondary N) is 1. The van der Waals surface area contributed by atoms with E-state index in [4.69, 9.17) is 26.2 Å². The molecule has 0 aliphatic rings. The fourth-order valence-corrected chi connectivity index (χ4v) is 0.679. The van der Waals surface area contributed by atoms with Crippen molar-refractivity contribution in [1.29, 1.82) is 0 Å². The van der Waals surface area contributed by atoms with Crippen molar-refractivity contribution in [3.8, 4) is 0 Å². The topological polar surface area (TPSA) is 187 Å². The minimum atomic E-state index is -1.17. The summed E-state index contributed by atoms with van der Waals surface area (Å²) in [5.41, 5.74) is 5.00. The first-order valence-corrected chi connectivity index (χ1v) is 5.01. The summed E-state index contributed by atoms with van der Waals surface area (Å²) in [6.45, 7) is -0.626. The van der Waals surface area contributed by atoms with Crippen LogP contribution in [-0.4, -0.2) is 63.4 Å². The number of hydrogen-bond acceptors (Lipinski definition) is 6. The fourth-order valence-electron chi connectivity index (χ4n) is 0.679. The largest absolute Gasteiger partial charge is 0.481 e. The molecule has 0 rings (SSSR count). The van der Waals surface area contributed by atoms with Gasteiger partial charge in [0, 0.05) is 6.42 Å². The third-order valence-electron chi connectivity index (χ3n) is 1.54. The van der Waals surface area contributed by atoms with E-state index in [9.17, 15) is 19.2 Å². The SMILES string of the molecule is N[C@@H](CCC(=O)O)C(=O)O.O=C(O)CNCC(=O)O. The molecule has 0 saturated carbocycles. The number of nitrogens with two attached hydrogens (primary N) is 1. The molecule has 7 N–H and O–H groups in total. The Kier molecular flexibility index (Phi) is 11.0. The van der Waals surface area contributed by atoms with Gasteiger partial charge >= 0.3 is 23.9 Å². The zero-order chi connectivity index (χ0) is 15.4. The Labute approximate surface area is 107 Å². The van der Waals surface area contributed by atoms with Crippen molar-refractivity contribution in [2.24, 2.45) is 5.73 Å². The predicted molar refractivity (Wildman–Crippen MR) is 60.6 cm³/mol. The molecular formula is C9H16N2O8. The third-order valence-corrected chi connectivity index (χ3v) is 1.54. The molecular weight excluding hydrogens is 264 g/mol. The highest BCUT2D eigenvalue weighted by atomic mass is 16.4. The number of aliphatic carboxylic acids is 4. The van der Waals surface area contributed by atoms with Crippen LogP contribution in [-0.2, 0) is 19.2 Å². The summed E-state index contributed by atoms with van der Waals surface area (Å²) in [7, 11) is 0. The molecule has 10 heteroatoms. The quantitative estimate of drug-likeness (QED) is 0.290. The van der Waals surface area contributed by atoms with Gasteiger partial charge in [0.1, 0.15) is 6.04 Å². The number of carboxylic acids is 4. The first-order chi connectivity index (χ1) is 8.66. The first-order valence-electron chi connectivity index (χ1n) is 5.01. The van der Waals surface area contributed by atoms with E-state index in [0.717, 1.165) is 0 Å². The van der Waals surface area contributed by atoms with E-state index in [-0.39, 0.29) is 25.9 Å². The van der Waals surface area contributed by atoms with Gasteiger partial charge in [-0.25, -0.2) is 0 Å². The molecule has 0 amide bonds. The van der Waals surface area contributed by atoms with E-state index in [1.807, 2.05) is 0 Å². The normalized spacial score (nSPS) is 10.8. The molecule has 19 heavy (non-hydrogen) atoms. The summed E-state index contributed by atoms with van der Waals surface area (Å²) in [5, 5.41) is 34.4. The number of carbonyl (C=O) groups is 4. The Morgan fingerprint density at radius 3 is 1.58 bits per heavy atom. The summed E-state index contributed by atoms with van der Waals surface area (Å²) in [6.07, 6.45) is -0.224. The lowest BCUT2D eigenvalue weighted by Crippen LogP contribution is -2.30. The van der Waals surface area contributed by atoms with Crippen LogP contribution in [0.4, 0.5) is 0 Å². The average Bonchev–Trinajstić information content (AvgIpc) is 2.25. The molecule has 0 saturated heterocycles. The Balaban J connectivity index is 0. The van der Waals surface area contributed by atoms with Crippen LogP contribution in [0.15, 0.2) is 0 Å². The van der Waals surface area contributed by atoms with Crippen molar-refractivity contribution in [1.82, 2.24) is 5.32 Å². The first kappa shape index (κ1) is 19.1. The summed E-state index contributed by atoms with van der Waals surface area (Å²) in [4.78, 5) is 39.3. The summed E-state index contributed by atoms with van der Waals surface area (Å²) >= 11 is 0. The standard InChI is InChI=1S/C5H9NO4.C4H7NO4/c6-3(5(9)10)1-2-4(7)8;6-3(7)1-5-2-4(8)9/h3H,1-2,6H2,(H,7,8)(H,9,10);5H,1-2H2,(H,6,7)(H,8,9)/t3-;/m0./s1. The smallest absolute Gasteiger partial charge is 0.320 e. The average molecular weight is 280 g/mol. The molecule has 0 fully saturated rings. The van der Waals surface area contributed by atoms with Crippen LogP contribution in [0.2, 0.25) is 0 Å². The second-order valence-corrected chi connectivity index (χ2v) is 3.27. The number of hydrogen-bond donors (Lipinski definition) is 6. The van der Waals surface area contributed by atoms with Gasteiger partial charge in [0.15, 0.2) is 0 Å². The molecule has 0 aromatic carbocycles. The van der Waals surface area contributed by atoms with Gasteiger partial charge in [0.05, 0.1) is 13.1 Å². The minimum Gasteiger partial charge on any atom is -0.481 e. The van der Waals surface area contributed by atoms with E-state index in [0.29, 0.717) is 0 Å². The zero-order valence-corrected chi connectivity index (χ0v) is 9.90. The monoisotopic (exact) mass is 280 g/mol. The molecule has 0 heterocycles. The molecule has 0 radical (unpaired) electrons. The van der Waals surface area contributed by atoms with Crippen LogP contribution in [0.3, 0.4) is 0 Å². The third kappa shape index (κ3) is 18.4. The van der Waals surface area contributed by atoms with Crippen LogP contribution in [0.5, 0.6) is 0 Å². The zero-order valence-electron chi connectivity index (χ0n) is 9.90. The lowest BCUT2D eigenvalue weighted by molar-refractivity contribution is -0.140. The van der Waals surface area contributed by atoms with Crippen molar-refractivity contribution in [2.75, 3.05) is 13.1 Å². The van der Waals surface area contributed by atoms with Crippen LogP contribution >= 0.6 is 0 Å². The highest BCUT2D eigenvalue weighted by Crippen LogP contribution is 1.93. The summed E-state index contributed by atoms with van der Waals surface area (Å²) in [5.74, 6) is -4.31. The number of rotatable bonds is 8. The molecule has 10 nitrogen and oxygen atoms in total. The molecule has 0 unspecified atom stereocenters. The highest BCUT2D eigenvalue weighted by Gasteiger charge is 2.12. The second kappa shape index (κ2) is 10.9. The lowest BCUT2D eigenvalue weighted by Gasteiger charge is -2.01. The molecule has 0 aromatic heterocycles. The van der Waals surface area contributed by atoms with Crippen molar-refractivity contribution in [3.63, 3.8) is 0 Å². The van der Waals surface area contributed by atoms with Gasteiger partial charge in [-0.1, -0.05) is 0 Å². The molecule has 1 atom stereocenters. The molecule has 0 aromatic rings. The van der Waals surface area contributed by atoms with Crippen LogP contribution in [0.1, 0.15) is 12.8 Å². The highest BCUT2D eigenvalue weighted by molar-refractivity contribution is 5.74. The van der Waals surface area contributed by atoms with E-state index in [1.54, 1.807) is 0 Å². The van der Waals surface area contributed by atoms with Gasteiger partial charge in [-0.15, -0.1) is 0 Å². The van der Waals surface area contributed by atoms with Crippen molar-refractivity contribution in [2.45, 2.75) is 18.9 Å². The van der Waals surface area contributed by atoms with Crippen molar-refractivity contribution < 1.29 is 39.6 Å². The number of carboxylic acid groups (broad SMARTS) is 4. The van der Waals surface area contributed by atoms with E-state index in [2.05, 4.69) is 5.32 Å². The molecule has 0 aliphatic carbocycles. The van der Waals surface area contributed by atoms with Gasteiger partial charge in [-0.05, 0) is 6.42 Å². The van der Waals surface area contributed by atoms with Gasteiger partial charge < -0.3 is 26.2 Å². The summed E-state index contributed by atoms with van der Waals surface area (Å²) < 4.78 is 0. The fraction of sp³-hybridized carbons (Fsp3) is 0.556. The maximum Gasteiger partial charge on any atom is 0.320 e. The van der Waals surface area contributed by atoms with Crippen LogP contribution in [0, 0.1) is 0 Å². The van der Waals surface area contributed by atoms with E-state index >= 15 is 0 Å². The predicted octanol–water partition coefficient (Wildman–Crippen LogP) is -1.99. The van der Waals surface area contributed by atoms with Gasteiger partial charge in [0.2, 0.25) is 0 Å². The lowest BCUT2D eigenvalue weighted by atomic mass is 10.2. The van der Waals surface area contributed by atoms with Crippen LogP contribution < -0.4 is 11.1 Å². The minimum absolute atomic E-state index is 0.0231. The van der Waals surface area contributed by atoms with E-state index in [1.165, 1.54) is 0 Å². The van der Waals surface area contributed by atoms with E-state index < -0.39 is 29.9 Å². The van der Waals surface area contributed by atoms with Crippen molar-refractivity contribution >= 4 is 23.9 Å². The Hall–Kier alpha value is -2.20. The van der Waals surface area contributed by atoms with Gasteiger partial charge in [-0.2, -0.15) is 0 Å². The molecule has 0 spiro atoms. The Morgan fingerprint density at radius 1 is 0.895 bits per heavy atom. The van der Waals surface area contributed by atoms with Gasteiger partial charge in [0.25, 0.3) is 0 Å². The molecule has 110 valence electrons. The summed E-state index contributed by atoms with van der Waals surface area (Å²) in [6, 6.07) is -1.06. The molecule has 0 aliphatic heterocycles. The second-order valence-electron chi connectivity index (χ2n) is 3.27.